The average Bonchev–Trinajstić information content (AvgIpc) is 2.54. The van der Waals surface area contributed by atoms with Gasteiger partial charge in [-0.25, -0.2) is 23.1 Å². The number of rotatable bonds is 6. The predicted octanol–water partition coefficient (Wildman–Crippen LogP) is 3.72. The second kappa shape index (κ2) is 7.42. The molecular weight excluding hydrogens is 333 g/mol. The van der Waals surface area contributed by atoms with Gasteiger partial charge in [0, 0.05) is 30.7 Å². The number of hydrogen-bond acceptors (Lipinski definition) is 5. The molecule has 0 bridgehead atoms. The van der Waals surface area contributed by atoms with Gasteiger partial charge in [0.15, 0.2) is 0 Å². The van der Waals surface area contributed by atoms with E-state index >= 15 is 0 Å². The molecule has 0 unspecified atom stereocenters. The van der Waals surface area contributed by atoms with Gasteiger partial charge in [0.2, 0.25) is 0 Å². The molecule has 0 spiro atoms. The van der Waals surface area contributed by atoms with Crippen LogP contribution in [-0.2, 0) is 5.92 Å². The summed E-state index contributed by atoms with van der Waals surface area (Å²) in [5.41, 5.74) is 7.24. The van der Waals surface area contributed by atoms with E-state index < -0.39 is 17.3 Å². The van der Waals surface area contributed by atoms with E-state index in [0.29, 0.717) is 24.0 Å². The van der Waals surface area contributed by atoms with Crippen molar-refractivity contribution >= 4 is 5.69 Å². The standard InChI is InChI=1S/C17H19F3N4O/c1-10-7-22-16(23-8-10)25-9-15(21)11(2)24-12-4-5-14(18)13(6-12)17(3,19)20/h4-8,24H,9,21H2,1-3H3/b15-11-. The van der Waals surface area contributed by atoms with E-state index in [-0.39, 0.29) is 12.6 Å². The Morgan fingerprint density at radius 1 is 1.28 bits per heavy atom. The largest absolute Gasteiger partial charge is 0.457 e. The van der Waals surface area contributed by atoms with Crippen LogP contribution in [0, 0.1) is 12.7 Å². The number of anilines is 1. The maximum Gasteiger partial charge on any atom is 0.316 e. The van der Waals surface area contributed by atoms with Gasteiger partial charge < -0.3 is 15.8 Å². The van der Waals surface area contributed by atoms with Crippen LogP contribution in [0.2, 0.25) is 0 Å². The van der Waals surface area contributed by atoms with Crippen molar-refractivity contribution in [3.05, 3.63) is 58.9 Å². The molecular formula is C17H19F3N4O. The van der Waals surface area contributed by atoms with E-state index in [2.05, 4.69) is 15.3 Å². The summed E-state index contributed by atoms with van der Waals surface area (Å²) in [6.07, 6.45) is 3.22. The lowest BCUT2D eigenvalue weighted by atomic mass is 10.1. The molecule has 0 aliphatic rings. The van der Waals surface area contributed by atoms with Crippen molar-refractivity contribution in [1.82, 2.24) is 9.97 Å². The molecule has 2 rings (SSSR count). The van der Waals surface area contributed by atoms with Gasteiger partial charge >= 0.3 is 6.01 Å². The Morgan fingerprint density at radius 2 is 1.92 bits per heavy atom. The van der Waals surface area contributed by atoms with Crippen molar-refractivity contribution in [3.8, 4) is 6.01 Å². The fourth-order valence-electron chi connectivity index (χ4n) is 1.94. The first-order valence-corrected chi connectivity index (χ1v) is 7.48. The lowest BCUT2D eigenvalue weighted by Crippen LogP contribution is -2.16. The number of nitrogens with zero attached hydrogens (tertiary/aromatic N) is 2. The Bertz CT molecular complexity index is 770. The third-order valence-electron chi connectivity index (χ3n) is 3.37. The molecule has 25 heavy (non-hydrogen) atoms. The van der Waals surface area contributed by atoms with Crippen LogP contribution in [0.15, 0.2) is 42.0 Å². The molecule has 0 saturated carbocycles. The number of benzene rings is 1. The predicted molar refractivity (Wildman–Crippen MR) is 88.7 cm³/mol. The van der Waals surface area contributed by atoms with Crippen LogP contribution in [0.1, 0.15) is 25.0 Å². The third-order valence-corrected chi connectivity index (χ3v) is 3.37. The fourth-order valence-corrected chi connectivity index (χ4v) is 1.94. The summed E-state index contributed by atoms with van der Waals surface area (Å²) in [4.78, 5) is 7.97. The van der Waals surface area contributed by atoms with Crippen LogP contribution in [0.3, 0.4) is 0 Å². The van der Waals surface area contributed by atoms with Gasteiger partial charge in [-0.3, -0.25) is 0 Å². The van der Waals surface area contributed by atoms with Crippen molar-refractivity contribution in [1.29, 1.82) is 0 Å². The first-order chi connectivity index (χ1) is 11.7. The van der Waals surface area contributed by atoms with Crippen LogP contribution < -0.4 is 15.8 Å². The van der Waals surface area contributed by atoms with Gasteiger partial charge in [0.05, 0.1) is 11.3 Å². The zero-order chi connectivity index (χ0) is 18.6. The third kappa shape index (κ3) is 5.10. The number of nitrogens with one attached hydrogen (secondary N) is 1. The van der Waals surface area contributed by atoms with E-state index in [1.54, 1.807) is 19.3 Å². The van der Waals surface area contributed by atoms with Gasteiger partial charge in [0.25, 0.3) is 5.92 Å². The lowest BCUT2D eigenvalue weighted by molar-refractivity contribution is 0.0138. The summed E-state index contributed by atoms with van der Waals surface area (Å²) in [5.74, 6) is -4.25. The number of allylic oxidation sites excluding steroid dienone is 1. The van der Waals surface area contributed by atoms with Crippen LogP contribution in [0.25, 0.3) is 0 Å². The first kappa shape index (κ1) is 18.6. The van der Waals surface area contributed by atoms with E-state index in [1.807, 2.05) is 6.92 Å². The summed E-state index contributed by atoms with van der Waals surface area (Å²) in [7, 11) is 0. The van der Waals surface area contributed by atoms with Crippen molar-refractivity contribution in [2.75, 3.05) is 11.9 Å². The summed E-state index contributed by atoms with van der Waals surface area (Å²) >= 11 is 0. The van der Waals surface area contributed by atoms with Crippen molar-refractivity contribution < 1.29 is 17.9 Å². The highest BCUT2D eigenvalue weighted by Gasteiger charge is 2.28. The normalized spacial score (nSPS) is 12.6. The molecule has 1 aromatic heterocycles. The van der Waals surface area contributed by atoms with Crippen molar-refractivity contribution in [3.63, 3.8) is 0 Å². The van der Waals surface area contributed by atoms with E-state index in [0.717, 1.165) is 17.7 Å². The number of alkyl halides is 2. The Labute approximate surface area is 143 Å². The molecule has 0 amide bonds. The number of nitrogens with two attached hydrogens (primary N) is 1. The second-order valence-corrected chi connectivity index (χ2v) is 5.69. The summed E-state index contributed by atoms with van der Waals surface area (Å²) in [5, 5.41) is 2.86. The van der Waals surface area contributed by atoms with Crippen molar-refractivity contribution in [2.24, 2.45) is 5.73 Å². The maximum atomic E-state index is 13.5. The minimum Gasteiger partial charge on any atom is -0.457 e. The molecule has 3 N–H and O–H groups in total. The maximum absolute atomic E-state index is 13.5. The number of hydrogen-bond donors (Lipinski definition) is 2. The first-order valence-electron chi connectivity index (χ1n) is 7.48. The minimum atomic E-state index is -3.28. The molecule has 0 fully saturated rings. The molecule has 0 aliphatic carbocycles. The van der Waals surface area contributed by atoms with Crippen molar-refractivity contribution in [2.45, 2.75) is 26.7 Å². The quantitative estimate of drug-likeness (QED) is 0.829. The molecule has 0 aliphatic heterocycles. The van der Waals surface area contributed by atoms with Crippen LogP contribution in [0.4, 0.5) is 18.9 Å². The highest BCUT2D eigenvalue weighted by atomic mass is 19.3. The molecule has 2 aromatic rings. The Kier molecular flexibility index (Phi) is 5.51. The molecule has 0 saturated heterocycles. The summed E-state index contributed by atoms with van der Waals surface area (Å²) in [6.45, 7) is 4.16. The molecule has 8 heteroatoms. The molecule has 1 aromatic carbocycles. The monoisotopic (exact) mass is 352 g/mol. The lowest BCUT2D eigenvalue weighted by Gasteiger charge is -2.15. The molecule has 134 valence electrons. The number of ether oxygens (including phenoxy) is 1. The summed E-state index contributed by atoms with van der Waals surface area (Å²) < 4.78 is 45.7. The Morgan fingerprint density at radius 3 is 2.52 bits per heavy atom. The van der Waals surface area contributed by atoms with Crippen LogP contribution in [0.5, 0.6) is 6.01 Å². The zero-order valence-electron chi connectivity index (χ0n) is 14.1. The summed E-state index contributed by atoms with van der Waals surface area (Å²) in [6, 6.07) is 3.56. The molecule has 5 nitrogen and oxygen atoms in total. The van der Waals surface area contributed by atoms with E-state index in [9.17, 15) is 13.2 Å². The fraction of sp³-hybridized carbons (Fsp3) is 0.294. The van der Waals surface area contributed by atoms with Gasteiger partial charge in [-0.15, -0.1) is 0 Å². The minimum absolute atomic E-state index is 0.0138. The molecule has 0 atom stereocenters. The van der Waals surface area contributed by atoms with Gasteiger partial charge in [-0.1, -0.05) is 0 Å². The van der Waals surface area contributed by atoms with Crippen LogP contribution in [-0.4, -0.2) is 16.6 Å². The highest BCUT2D eigenvalue weighted by molar-refractivity contribution is 5.51. The second-order valence-electron chi connectivity index (χ2n) is 5.69. The number of halogens is 3. The van der Waals surface area contributed by atoms with E-state index in [1.165, 1.54) is 6.07 Å². The van der Waals surface area contributed by atoms with Gasteiger partial charge in [-0.05, 0) is 37.6 Å². The van der Waals surface area contributed by atoms with Gasteiger partial charge in [0.1, 0.15) is 12.4 Å². The highest BCUT2D eigenvalue weighted by Crippen LogP contribution is 2.31. The Hall–Kier alpha value is -2.77. The Balaban J connectivity index is 2.08. The number of aromatic nitrogens is 2. The smallest absolute Gasteiger partial charge is 0.316 e. The topological polar surface area (TPSA) is 73.1 Å². The number of aryl methyl sites for hydroxylation is 1. The molecule has 0 radical (unpaired) electrons. The zero-order valence-corrected chi connectivity index (χ0v) is 14.1. The average molecular weight is 352 g/mol. The van der Waals surface area contributed by atoms with E-state index in [4.69, 9.17) is 10.5 Å². The van der Waals surface area contributed by atoms with Gasteiger partial charge in [-0.2, -0.15) is 0 Å². The van der Waals surface area contributed by atoms with Crippen LogP contribution >= 0.6 is 0 Å². The SMILES string of the molecule is C/C(Nc1ccc(F)c(C(C)(F)F)c1)=C(/N)COc1ncc(C)cn1. The molecule has 1 heterocycles.